The zero-order chi connectivity index (χ0) is 15.2. The summed E-state index contributed by atoms with van der Waals surface area (Å²) in [6.45, 7) is 0.764. The summed E-state index contributed by atoms with van der Waals surface area (Å²) >= 11 is 11.9. The molecule has 0 saturated heterocycles. The number of carbonyl (C=O) groups excluding carboxylic acids is 1. The van der Waals surface area contributed by atoms with Gasteiger partial charge in [0.15, 0.2) is 0 Å². The highest BCUT2D eigenvalue weighted by Crippen LogP contribution is 2.25. The van der Waals surface area contributed by atoms with Gasteiger partial charge in [-0.15, -0.1) is 0 Å². The maximum absolute atomic E-state index is 12.1. The number of likely N-dealkylation sites (N-methyl/N-ethyl adjacent to an activating group) is 1. The molecule has 0 bridgehead atoms. The van der Waals surface area contributed by atoms with Crippen molar-refractivity contribution in [2.75, 3.05) is 18.9 Å². The van der Waals surface area contributed by atoms with Crippen LogP contribution in [0.5, 0.6) is 0 Å². The smallest absolute Gasteiger partial charge is 0.241 e. The normalized spacial score (nSPS) is 10.2. The number of nitrogens with zero attached hydrogens (tertiary/aromatic N) is 1. The first kappa shape index (κ1) is 15.7. The largest absolute Gasteiger partial charge is 0.375 e. The highest BCUT2D eigenvalue weighted by atomic mass is 35.5. The molecule has 2 aromatic rings. The predicted molar refractivity (Wildman–Crippen MR) is 87.9 cm³/mol. The van der Waals surface area contributed by atoms with E-state index in [1.165, 1.54) is 0 Å². The first-order valence-corrected chi connectivity index (χ1v) is 7.28. The number of amides is 1. The second kappa shape index (κ2) is 7.34. The maximum Gasteiger partial charge on any atom is 0.241 e. The van der Waals surface area contributed by atoms with E-state index in [1.54, 1.807) is 30.1 Å². The van der Waals surface area contributed by atoms with E-state index in [2.05, 4.69) is 5.32 Å². The van der Waals surface area contributed by atoms with Gasteiger partial charge in [-0.3, -0.25) is 4.79 Å². The predicted octanol–water partition coefficient (Wildman–Crippen LogP) is 4.06. The fraction of sp³-hybridized carbons (Fsp3) is 0.188. The van der Waals surface area contributed by atoms with Gasteiger partial charge < -0.3 is 10.2 Å². The Morgan fingerprint density at radius 2 is 1.86 bits per heavy atom. The Bertz CT molecular complexity index is 617. The average Bonchev–Trinajstić information content (AvgIpc) is 2.47. The molecule has 0 aliphatic rings. The third kappa shape index (κ3) is 4.66. The number of anilines is 1. The van der Waals surface area contributed by atoms with Gasteiger partial charge >= 0.3 is 0 Å². The summed E-state index contributed by atoms with van der Waals surface area (Å²) in [7, 11) is 1.78. The Morgan fingerprint density at radius 3 is 2.52 bits per heavy atom. The molecule has 0 aliphatic carbocycles. The van der Waals surface area contributed by atoms with Crippen LogP contribution in [0.1, 0.15) is 5.56 Å². The third-order valence-electron chi connectivity index (χ3n) is 3.05. The molecule has 0 atom stereocenters. The average molecular weight is 323 g/mol. The maximum atomic E-state index is 12.1. The summed E-state index contributed by atoms with van der Waals surface area (Å²) in [4.78, 5) is 13.8. The second-order valence-electron chi connectivity index (χ2n) is 4.71. The lowest BCUT2D eigenvalue weighted by Gasteiger charge is -2.18. The zero-order valence-corrected chi connectivity index (χ0v) is 13.2. The Morgan fingerprint density at radius 1 is 1.14 bits per heavy atom. The second-order valence-corrected chi connectivity index (χ2v) is 5.56. The van der Waals surface area contributed by atoms with E-state index in [0.29, 0.717) is 22.3 Å². The zero-order valence-electron chi connectivity index (χ0n) is 11.6. The van der Waals surface area contributed by atoms with Crippen LogP contribution in [0.15, 0.2) is 48.5 Å². The van der Waals surface area contributed by atoms with Crippen molar-refractivity contribution in [1.82, 2.24) is 4.90 Å². The minimum Gasteiger partial charge on any atom is -0.375 e. The molecule has 5 heteroatoms. The number of benzene rings is 2. The first-order valence-electron chi connectivity index (χ1n) is 6.53. The topological polar surface area (TPSA) is 32.3 Å². The standard InChI is InChI=1S/C16H16Cl2N2O/c1-20(11-12-5-3-2-4-6-12)16(21)10-19-15-8-7-13(17)9-14(15)18/h2-9,19H,10-11H2,1H3. The van der Waals surface area contributed by atoms with E-state index in [9.17, 15) is 4.79 Å². The number of carbonyl (C=O) groups is 1. The number of nitrogens with one attached hydrogen (secondary N) is 1. The highest BCUT2D eigenvalue weighted by molar-refractivity contribution is 6.36. The monoisotopic (exact) mass is 322 g/mol. The van der Waals surface area contributed by atoms with Crippen molar-refractivity contribution in [3.63, 3.8) is 0 Å². The van der Waals surface area contributed by atoms with Crippen molar-refractivity contribution in [3.8, 4) is 0 Å². The van der Waals surface area contributed by atoms with Crippen LogP contribution in [0.2, 0.25) is 10.0 Å². The summed E-state index contributed by atoms with van der Waals surface area (Å²) in [6, 6.07) is 15.0. The van der Waals surface area contributed by atoms with Crippen molar-refractivity contribution in [1.29, 1.82) is 0 Å². The number of halogens is 2. The van der Waals surface area contributed by atoms with Gasteiger partial charge in [0, 0.05) is 18.6 Å². The number of rotatable bonds is 5. The SMILES string of the molecule is CN(Cc1ccccc1)C(=O)CNc1ccc(Cl)cc1Cl. The lowest BCUT2D eigenvalue weighted by molar-refractivity contribution is -0.128. The van der Waals surface area contributed by atoms with Gasteiger partial charge in [0.2, 0.25) is 5.91 Å². The van der Waals surface area contributed by atoms with Gasteiger partial charge in [-0.1, -0.05) is 53.5 Å². The molecule has 2 aromatic carbocycles. The molecule has 21 heavy (non-hydrogen) atoms. The number of hydrogen-bond acceptors (Lipinski definition) is 2. The molecular formula is C16H16Cl2N2O. The Kier molecular flexibility index (Phi) is 5.48. The summed E-state index contributed by atoms with van der Waals surface area (Å²) < 4.78 is 0. The van der Waals surface area contributed by atoms with Crippen LogP contribution in [-0.4, -0.2) is 24.4 Å². The van der Waals surface area contributed by atoms with E-state index in [1.807, 2.05) is 30.3 Å². The van der Waals surface area contributed by atoms with Crippen LogP contribution in [0.3, 0.4) is 0 Å². The van der Waals surface area contributed by atoms with Gasteiger partial charge in [0.25, 0.3) is 0 Å². The quantitative estimate of drug-likeness (QED) is 0.900. The molecule has 0 aliphatic heterocycles. The molecular weight excluding hydrogens is 307 g/mol. The summed E-state index contributed by atoms with van der Waals surface area (Å²) in [6.07, 6.45) is 0. The van der Waals surface area contributed by atoms with Crippen LogP contribution in [0.4, 0.5) is 5.69 Å². The molecule has 2 rings (SSSR count). The van der Waals surface area contributed by atoms with Crippen LogP contribution in [0.25, 0.3) is 0 Å². The van der Waals surface area contributed by atoms with Crippen molar-refractivity contribution in [3.05, 3.63) is 64.1 Å². The van der Waals surface area contributed by atoms with Gasteiger partial charge in [-0.05, 0) is 23.8 Å². The Hall–Kier alpha value is -1.71. The molecule has 0 aromatic heterocycles. The van der Waals surface area contributed by atoms with Gasteiger partial charge in [-0.25, -0.2) is 0 Å². The van der Waals surface area contributed by atoms with E-state index in [-0.39, 0.29) is 12.5 Å². The molecule has 0 saturated carbocycles. The van der Waals surface area contributed by atoms with Crippen molar-refractivity contribution in [2.45, 2.75) is 6.54 Å². The van der Waals surface area contributed by atoms with Crippen molar-refractivity contribution in [2.24, 2.45) is 0 Å². The van der Waals surface area contributed by atoms with E-state index >= 15 is 0 Å². The van der Waals surface area contributed by atoms with Gasteiger partial charge in [-0.2, -0.15) is 0 Å². The Balaban J connectivity index is 1.89. The molecule has 0 spiro atoms. The van der Waals surface area contributed by atoms with Crippen molar-refractivity contribution >= 4 is 34.8 Å². The van der Waals surface area contributed by atoms with Gasteiger partial charge in [0.05, 0.1) is 17.3 Å². The fourth-order valence-corrected chi connectivity index (χ4v) is 2.36. The lowest BCUT2D eigenvalue weighted by Crippen LogP contribution is -2.31. The summed E-state index contributed by atoms with van der Waals surface area (Å²) in [5.74, 6) is -0.00938. The molecule has 0 unspecified atom stereocenters. The number of hydrogen-bond donors (Lipinski definition) is 1. The van der Waals surface area contributed by atoms with E-state index in [4.69, 9.17) is 23.2 Å². The first-order chi connectivity index (χ1) is 10.1. The minimum absolute atomic E-state index is 0.00938. The van der Waals surface area contributed by atoms with Gasteiger partial charge in [0.1, 0.15) is 0 Å². The molecule has 1 N–H and O–H groups in total. The van der Waals surface area contributed by atoms with Crippen LogP contribution in [0, 0.1) is 0 Å². The summed E-state index contributed by atoms with van der Waals surface area (Å²) in [5, 5.41) is 4.09. The van der Waals surface area contributed by atoms with Crippen LogP contribution >= 0.6 is 23.2 Å². The molecule has 3 nitrogen and oxygen atoms in total. The van der Waals surface area contributed by atoms with E-state index in [0.717, 1.165) is 5.56 Å². The Labute approximate surface area is 134 Å². The molecule has 0 heterocycles. The summed E-state index contributed by atoms with van der Waals surface area (Å²) in [5.41, 5.74) is 1.79. The lowest BCUT2D eigenvalue weighted by atomic mass is 10.2. The third-order valence-corrected chi connectivity index (χ3v) is 3.60. The van der Waals surface area contributed by atoms with Crippen LogP contribution < -0.4 is 5.32 Å². The molecule has 110 valence electrons. The molecule has 0 fully saturated rings. The van der Waals surface area contributed by atoms with Crippen molar-refractivity contribution < 1.29 is 4.79 Å². The minimum atomic E-state index is -0.00938. The fourth-order valence-electron chi connectivity index (χ4n) is 1.88. The molecule has 0 radical (unpaired) electrons. The molecule has 1 amide bonds. The highest BCUT2D eigenvalue weighted by Gasteiger charge is 2.10. The van der Waals surface area contributed by atoms with Crippen LogP contribution in [-0.2, 0) is 11.3 Å². The van der Waals surface area contributed by atoms with E-state index < -0.39 is 0 Å².